The number of thiazole rings is 1. The predicted octanol–water partition coefficient (Wildman–Crippen LogP) is 6.89. The van der Waals surface area contributed by atoms with Crippen LogP contribution < -0.4 is 10.2 Å². The molecule has 0 unspecified atom stereocenters. The topological polar surface area (TPSA) is 146 Å². The molecule has 3 aromatic carbocycles. The van der Waals surface area contributed by atoms with Crippen molar-refractivity contribution < 1.29 is 19.3 Å². The Morgan fingerprint density at radius 3 is 2.45 bits per heavy atom. The number of nitriles is 1. The summed E-state index contributed by atoms with van der Waals surface area (Å²) in [6.07, 6.45) is 4.69. The van der Waals surface area contributed by atoms with Crippen LogP contribution in [0.2, 0.25) is 0 Å². The van der Waals surface area contributed by atoms with Crippen LogP contribution in [0.1, 0.15) is 36.8 Å². The molecule has 4 aromatic rings. The zero-order valence-electron chi connectivity index (χ0n) is 23.5. The van der Waals surface area contributed by atoms with Crippen LogP contribution in [0.25, 0.3) is 16.3 Å². The maximum atomic E-state index is 13.1. The van der Waals surface area contributed by atoms with E-state index in [1.807, 2.05) is 25.1 Å². The minimum atomic E-state index is -0.623. The summed E-state index contributed by atoms with van der Waals surface area (Å²) in [7, 11) is 0. The lowest BCUT2D eigenvalue weighted by Gasteiger charge is -2.19. The summed E-state index contributed by atoms with van der Waals surface area (Å²) in [4.78, 5) is 56.5. The molecule has 44 heavy (non-hydrogen) atoms. The Labute approximate surface area is 260 Å². The second kappa shape index (κ2) is 12.0. The number of carbonyl (C=O) groups is 3. The van der Waals surface area contributed by atoms with Crippen LogP contribution in [0, 0.1) is 40.2 Å². The van der Waals surface area contributed by atoms with Gasteiger partial charge < -0.3 is 5.32 Å². The third-order valence-electron chi connectivity index (χ3n) is 7.81. The lowest BCUT2D eigenvalue weighted by Crippen LogP contribution is -2.30. The summed E-state index contributed by atoms with van der Waals surface area (Å²) in [5, 5.41) is 24.2. The highest BCUT2D eigenvalue weighted by atomic mass is 32.2. The van der Waals surface area contributed by atoms with Crippen LogP contribution in [-0.4, -0.2) is 27.6 Å². The molecule has 1 saturated carbocycles. The Morgan fingerprint density at radius 2 is 1.80 bits per heavy atom. The highest BCUT2D eigenvalue weighted by molar-refractivity contribution is 8.01. The smallest absolute Gasteiger partial charge is 0.283 e. The van der Waals surface area contributed by atoms with Gasteiger partial charge in [-0.25, -0.2) is 4.98 Å². The summed E-state index contributed by atoms with van der Waals surface area (Å²) in [6.45, 7) is 1.92. The lowest BCUT2D eigenvalue weighted by molar-refractivity contribution is -0.387. The molecular formula is C32H25N5O5S2. The van der Waals surface area contributed by atoms with Gasteiger partial charge in [-0.1, -0.05) is 48.4 Å². The monoisotopic (exact) mass is 623 g/mol. The number of nitro benzene ring substituents is 1. The number of hydrogen-bond donors (Lipinski definition) is 1. The molecule has 1 saturated heterocycles. The standard InChI is InChI=1S/C32H25N5O5S2/c1-18-6-9-21(10-7-18)34-29(38)20(17-33)14-19-8-13-27(26(15-19)37(41)42)43-32-35-25-12-11-22(16-28(25)44-32)36-30(39)23-4-2-3-5-24(23)31(36)40/h6-16,23-24H,2-5H2,1H3,(H,34,38)/b20-14+/t23-,24+. The van der Waals surface area contributed by atoms with Gasteiger partial charge in [0.15, 0.2) is 4.34 Å². The van der Waals surface area contributed by atoms with E-state index in [0.29, 0.717) is 31.7 Å². The molecule has 220 valence electrons. The molecular weight excluding hydrogens is 599 g/mol. The van der Waals surface area contributed by atoms with Gasteiger partial charge >= 0.3 is 0 Å². The fraction of sp³-hybridized carbons (Fsp3) is 0.219. The number of hydrogen-bond acceptors (Lipinski definition) is 9. The van der Waals surface area contributed by atoms with Crippen LogP contribution in [0.3, 0.4) is 0 Å². The van der Waals surface area contributed by atoms with E-state index in [4.69, 9.17) is 0 Å². The Bertz CT molecular complexity index is 1890. The maximum Gasteiger partial charge on any atom is 0.283 e. The van der Waals surface area contributed by atoms with Gasteiger partial charge in [0, 0.05) is 11.8 Å². The molecule has 1 N–H and O–H groups in total. The van der Waals surface area contributed by atoms with E-state index in [2.05, 4.69) is 10.3 Å². The lowest BCUT2D eigenvalue weighted by atomic mass is 9.81. The van der Waals surface area contributed by atoms with Crippen LogP contribution >= 0.6 is 23.1 Å². The predicted molar refractivity (Wildman–Crippen MR) is 168 cm³/mol. The van der Waals surface area contributed by atoms with Gasteiger partial charge in [0.05, 0.1) is 37.6 Å². The SMILES string of the molecule is Cc1ccc(NC(=O)/C(C#N)=C/c2ccc(Sc3nc4ccc(N5C(=O)[C@H]6CCCC[C@H]6C5=O)cc4s3)c([N+](=O)[O-])c2)cc1. The minimum absolute atomic E-state index is 0.143. The Morgan fingerprint density at radius 1 is 1.09 bits per heavy atom. The first-order chi connectivity index (χ1) is 21.2. The largest absolute Gasteiger partial charge is 0.321 e. The molecule has 2 heterocycles. The first kappa shape index (κ1) is 29.2. The van der Waals surface area contributed by atoms with Gasteiger partial charge in [-0.15, -0.1) is 11.3 Å². The fourth-order valence-corrected chi connectivity index (χ4v) is 7.73. The van der Waals surface area contributed by atoms with E-state index in [1.165, 1.54) is 28.4 Å². The first-order valence-corrected chi connectivity index (χ1v) is 15.6. The Hall–Kier alpha value is -4.86. The molecule has 1 aromatic heterocycles. The molecule has 10 nitrogen and oxygen atoms in total. The second-order valence-electron chi connectivity index (χ2n) is 10.7. The normalized spacial score (nSPS) is 18.3. The zero-order valence-corrected chi connectivity index (χ0v) is 25.1. The quantitative estimate of drug-likeness (QED) is 0.0770. The number of aryl methyl sites for hydroxylation is 1. The summed E-state index contributed by atoms with van der Waals surface area (Å²) in [5.74, 6) is -1.40. The number of nitrogens with zero attached hydrogens (tertiary/aromatic N) is 4. The van der Waals surface area contributed by atoms with Gasteiger partial charge in [0.25, 0.3) is 11.6 Å². The number of rotatable bonds is 7. The molecule has 6 rings (SSSR count). The summed E-state index contributed by atoms with van der Waals surface area (Å²) in [6, 6.07) is 18.7. The van der Waals surface area contributed by atoms with E-state index < -0.39 is 10.8 Å². The molecule has 1 aliphatic carbocycles. The number of nitro groups is 1. The Kier molecular flexibility index (Phi) is 7.99. The van der Waals surface area contributed by atoms with Crippen molar-refractivity contribution in [2.45, 2.75) is 41.8 Å². The van der Waals surface area contributed by atoms with Crippen LogP contribution in [0.15, 0.2) is 75.5 Å². The highest BCUT2D eigenvalue weighted by Gasteiger charge is 2.48. The fourth-order valence-electron chi connectivity index (χ4n) is 5.59. The van der Waals surface area contributed by atoms with Crippen molar-refractivity contribution in [3.05, 3.63) is 87.5 Å². The maximum absolute atomic E-state index is 13.1. The first-order valence-electron chi connectivity index (χ1n) is 14.0. The molecule has 0 bridgehead atoms. The number of imide groups is 1. The Balaban J connectivity index is 1.23. The minimum Gasteiger partial charge on any atom is -0.321 e. The van der Waals surface area contributed by atoms with Crippen molar-refractivity contribution in [2.75, 3.05) is 10.2 Å². The number of aromatic nitrogens is 1. The number of nitrogens with one attached hydrogen (secondary N) is 1. The number of anilines is 2. The molecule has 3 amide bonds. The molecule has 12 heteroatoms. The summed E-state index contributed by atoms with van der Waals surface area (Å²) in [5.41, 5.74) is 2.65. The van der Waals surface area contributed by atoms with Crippen LogP contribution in [-0.2, 0) is 14.4 Å². The van der Waals surface area contributed by atoms with Crippen molar-refractivity contribution in [1.29, 1.82) is 5.26 Å². The second-order valence-corrected chi connectivity index (χ2v) is 13.0. The van der Waals surface area contributed by atoms with Crippen molar-refractivity contribution in [1.82, 2.24) is 4.98 Å². The van der Waals surface area contributed by atoms with Gasteiger partial charge in [-0.05, 0) is 67.8 Å². The number of fused-ring (bicyclic) bond motifs is 2. The molecule has 2 fully saturated rings. The molecule has 2 aliphatic rings. The number of benzene rings is 3. The number of carbonyl (C=O) groups excluding carboxylic acids is 3. The van der Waals surface area contributed by atoms with E-state index in [9.17, 15) is 29.8 Å². The van der Waals surface area contributed by atoms with E-state index in [-0.39, 0.29) is 34.9 Å². The van der Waals surface area contributed by atoms with Gasteiger partial charge in [-0.3, -0.25) is 29.4 Å². The van der Waals surface area contributed by atoms with E-state index in [1.54, 1.807) is 42.5 Å². The van der Waals surface area contributed by atoms with E-state index in [0.717, 1.165) is 47.7 Å². The van der Waals surface area contributed by atoms with E-state index >= 15 is 0 Å². The molecule has 0 radical (unpaired) electrons. The molecule has 1 aliphatic heterocycles. The average Bonchev–Trinajstić information content (AvgIpc) is 3.54. The van der Waals surface area contributed by atoms with Crippen molar-refractivity contribution in [3.63, 3.8) is 0 Å². The summed E-state index contributed by atoms with van der Waals surface area (Å²) >= 11 is 2.43. The number of amides is 3. The van der Waals surface area contributed by atoms with Gasteiger partial charge in [0.2, 0.25) is 11.8 Å². The average molecular weight is 624 g/mol. The summed E-state index contributed by atoms with van der Waals surface area (Å²) < 4.78 is 1.30. The van der Waals surface area contributed by atoms with Crippen molar-refractivity contribution in [2.24, 2.45) is 11.8 Å². The third kappa shape index (κ3) is 5.71. The van der Waals surface area contributed by atoms with Crippen LogP contribution in [0.5, 0.6) is 0 Å². The third-order valence-corrected chi connectivity index (χ3v) is 9.96. The van der Waals surface area contributed by atoms with Crippen LogP contribution in [0.4, 0.5) is 17.1 Å². The van der Waals surface area contributed by atoms with Crippen molar-refractivity contribution in [3.8, 4) is 6.07 Å². The molecule has 2 atom stereocenters. The highest BCUT2D eigenvalue weighted by Crippen LogP contribution is 2.43. The zero-order chi connectivity index (χ0) is 31.0. The molecule has 0 spiro atoms. The van der Waals surface area contributed by atoms with Gasteiger partial charge in [0.1, 0.15) is 11.6 Å². The van der Waals surface area contributed by atoms with Crippen molar-refractivity contribution >= 4 is 74.2 Å². The van der Waals surface area contributed by atoms with Gasteiger partial charge in [-0.2, -0.15) is 5.26 Å².